The van der Waals surface area contributed by atoms with Crippen LogP contribution in [0.25, 0.3) is 0 Å². The van der Waals surface area contributed by atoms with E-state index in [0.29, 0.717) is 17.6 Å². The van der Waals surface area contributed by atoms with Crippen LogP contribution in [0.1, 0.15) is 40.2 Å². The minimum Gasteiger partial charge on any atom is -0.508 e. The molecular weight excluding hydrogens is 270 g/mol. The molecule has 0 amide bonds. The van der Waals surface area contributed by atoms with Crippen molar-refractivity contribution in [2.75, 3.05) is 0 Å². The third-order valence-electron chi connectivity index (χ3n) is 4.32. The molecule has 114 valence electrons. The summed E-state index contributed by atoms with van der Waals surface area (Å²) in [7, 11) is -0.985. The van der Waals surface area contributed by atoms with E-state index in [1.165, 1.54) is 0 Å². The molecule has 1 fully saturated rings. The highest BCUT2D eigenvalue weighted by atomic mass is 19.1. The topological polar surface area (TPSA) is 38.7 Å². The summed E-state index contributed by atoms with van der Waals surface area (Å²) in [5.74, 6) is 0.165. The molecule has 1 heterocycles. The van der Waals surface area contributed by atoms with Gasteiger partial charge in [0.2, 0.25) is 0 Å². The van der Waals surface area contributed by atoms with Gasteiger partial charge in [-0.3, -0.25) is 0 Å². The van der Waals surface area contributed by atoms with Crippen molar-refractivity contribution in [2.45, 2.75) is 52.2 Å². The monoisotopic (exact) mass is 292 g/mol. The maximum absolute atomic E-state index is 14.6. The van der Waals surface area contributed by atoms with Crippen LogP contribution in [0.5, 0.6) is 5.75 Å². The Hall–Kier alpha value is -1.33. The van der Waals surface area contributed by atoms with Crippen molar-refractivity contribution in [3.05, 3.63) is 41.1 Å². The lowest BCUT2D eigenvalue weighted by molar-refractivity contribution is 0.00578. The number of allylic oxidation sites excluding steroid dienone is 1. The fourth-order valence-corrected chi connectivity index (χ4v) is 2.18. The fraction of sp³-hybridized carbons (Fsp3) is 0.500. The lowest BCUT2D eigenvalue weighted by Crippen LogP contribution is -2.41. The van der Waals surface area contributed by atoms with E-state index in [2.05, 4.69) is 0 Å². The third-order valence-corrected chi connectivity index (χ3v) is 4.32. The van der Waals surface area contributed by atoms with Gasteiger partial charge in [0.25, 0.3) is 0 Å². The molecule has 1 N–H and O–H groups in total. The summed E-state index contributed by atoms with van der Waals surface area (Å²) in [5, 5.41) is 9.77. The molecule has 1 aromatic carbocycles. The van der Waals surface area contributed by atoms with Crippen LogP contribution in [0.4, 0.5) is 4.39 Å². The van der Waals surface area contributed by atoms with Gasteiger partial charge in [-0.05, 0) is 58.2 Å². The second-order valence-electron chi connectivity index (χ2n) is 6.52. The highest BCUT2D eigenvalue weighted by molar-refractivity contribution is 6.53. The zero-order valence-electron chi connectivity index (χ0n) is 13.2. The van der Waals surface area contributed by atoms with Crippen LogP contribution in [-0.2, 0) is 15.7 Å². The molecule has 3 nitrogen and oxygen atoms in total. The van der Waals surface area contributed by atoms with E-state index in [1.54, 1.807) is 25.1 Å². The molecule has 1 aliphatic rings. The number of halogens is 1. The molecule has 0 spiro atoms. The van der Waals surface area contributed by atoms with Crippen LogP contribution < -0.4 is 0 Å². The number of benzene rings is 1. The summed E-state index contributed by atoms with van der Waals surface area (Å²) >= 11 is 0. The van der Waals surface area contributed by atoms with Crippen LogP contribution in [0, 0.1) is 0 Å². The number of phenolic OH excluding ortho intramolecular Hbond substituents is 1. The second-order valence-corrected chi connectivity index (χ2v) is 6.52. The van der Waals surface area contributed by atoms with Crippen molar-refractivity contribution in [1.82, 2.24) is 0 Å². The molecule has 1 saturated heterocycles. The molecule has 21 heavy (non-hydrogen) atoms. The summed E-state index contributed by atoms with van der Waals surface area (Å²) in [6.45, 7) is 9.24. The molecule has 5 heteroatoms. The molecular formula is C16H22BFO3. The largest absolute Gasteiger partial charge is 0.525 e. The SMILES string of the molecule is CC(Cc1ccccc1O)=C(F)B1OC(C)(C)C(C)(C)O1. The quantitative estimate of drug-likeness (QED) is 0.861. The number of hydrogen-bond acceptors (Lipinski definition) is 3. The summed E-state index contributed by atoms with van der Waals surface area (Å²) in [4.78, 5) is 0. The number of phenols is 1. The van der Waals surface area contributed by atoms with Crippen LogP contribution in [0.2, 0.25) is 0 Å². The van der Waals surface area contributed by atoms with Gasteiger partial charge in [-0.15, -0.1) is 0 Å². The van der Waals surface area contributed by atoms with E-state index in [9.17, 15) is 9.50 Å². The van der Waals surface area contributed by atoms with Crippen molar-refractivity contribution < 1.29 is 18.8 Å². The molecule has 0 unspecified atom stereocenters. The smallest absolute Gasteiger partial charge is 0.508 e. The Morgan fingerprint density at radius 1 is 1.14 bits per heavy atom. The van der Waals surface area contributed by atoms with Crippen LogP contribution in [0.3, 0.4) is 0 Å². The van der Waals surface area contributed by atoms with Gasteiger partial charge in [-0.25, -0.2) is 4.39 Å². The van der Waals surface area contributed by atoms with E-state index in [4.69, 9.17) is 9.31 Å². The maximum Gasteiger partial charge on any atom is 0.525 e. The first kappa shape index (κ1) is 16.1. The summed E-state index contributed by atoms with van der Waals surface area (Å²) < 4.78 is 25.9. The Balaban J connectivity index is 2.19. The summed E-state index contributed by atoms with van der Waals surface area (Å²) in [5.41, 5.74) is -0.373. The van der Waals surface area contributed by atoms with Crippen LogP contribution in [0.15, 0.2) is 35.6 Å². The minimum absolute atomic E-state index is 0.165. The van der Waals surface area contributed by atoms with Gasteiger partial charge in [-0.2, -0.15) is 0 Å². The van der Waals surface area contributed by atoms with Crippen molar-refractivity contribution in [3.63, 3.8) is 0 Å². The molecule has 0 bridgehead atoms. The van der Waals surface area contributed by atoms with Gasteiger partial charge < -0.3 is 14.4 Å². The average molecular weight is 292 g/mol. The predicted octanol–water partition coefficient (Wildman–Crippen LogP) is 3.81. The van der Waals surface area contributed by atoms with Gasteiger partial charge in [0.1, 0.15) is 11.5 Å². The molecule has 2 rings (SSSR count). The molecule has 0 aromatic heterocycles. The Morgan fingerprint density at radius 3 is 2.19 bits per heavy atom. The first-order chi connectivity index (χ1) is 9.64. The van der Waals surface area contributed by atoms with E-state index in [-0.39, 0.29) is 5.75 Å². The van der Waals surface area contributed by atoms with Crippen molar-refractivity contribution in [2.24, 2.45) is 0 Å². The molecule has 1 aliphatic heterocycles. The van der Waals surface area contributed by atoms with Crippen molar-refractivity contribution >= 4 is 7.12 Å². The summed E-state index contributed by atoms with van der Waals surface area (Å²) in [6.07, 6.45) is 0.322. The molecule has 0 saturated carbocycles. The Kier molecular flexibility index (Phi) is 4.18. The summed E-state index contributed by atoms with van der Waals surface area (Å²) in [6, 6.07) is 6.92. The lowest BCUT2D eigenvalue weighted by atomic mass is 9.83. The minimum atomic E-state index is -0.985. The van der Waals surface area contributed by atoms with E-state index in [0.717, 1.165) is 0 Å². The van der Waals surface area contributed by atoms with E-state index < -0.39 is 24.0 Å². The molecule has 0 radical (unpaired) electrons. The van der Waals surface area contributed by atoms with Crippen LogP contribution >= 0.6 is 0 Å². The number of aromatic hydroxyl groups is 1. The molecule has 0 atom stereocenters. The number of hydrogen-bond donors (Lipinski definition) is 1. The number of para-hydroxylation sites is 1. The standard InChI is InChI=1S/C16H22BFO3/c1-11(10-12-8-6-7-9-13(12)19)14(18)17-20-15(2,3)16(4,5)21-17/h6-9,19H,10H2,1-5H3. The van der Waals surface area contributed by atoms with Gasteiger partial charge in [0.15, 0.2) is 0 Å². The van der Waals surface area contributed by atoms with Crippen molar-refractivity contribution in [1.29, 1.82) is 0 Å². The van der Waals surface area contributed by atoms with Gasteiger partial charge in [0.05, 0.1) is 11.2 Å². The Labute approximate surface area is 125 Å². The Bertz CT molecular complexity index is 550. The zero-order chi connectivity index (χ0) is 15.8. The highest BCUT2D eigenvalue weighted by Crippen LogP contribution is 2.39. The normalized spacial score (nSPS) is 21.3. The second kappa shape index (κ2) is 5.46. The highest BCUT2D eigenvalue weighted by Gasteiger charge is 2.53. The van der Waals surface area contributed by atoms with Crippen LogP contribution in [-0.4, -0.2) is 23.4 Å². The van der Waals surface area contributed by atoms with E-state index >= 15 is 0 Å². The Morgan fingerprint density at radius 2 is 1.67 bits per heavy atom. The molecule has 1 aromatic rings. The van der Waals surface area contributed by atoms with Gasteiger partial charge in [-0.1, -0.05) is 18.2 Å². The van der Waals surface area contributed by atoms with Crippen molar-refractivity contribution in [3.8, 4) is 5.75 Å². The first-order valence-corrected chi connectivity index (χ1v) is 7.12. The fourth-order valence-electron chi connectivity index (χ4n) is 2.18. The average Bonchev–Trinajstić information content (AvgIpc) is 2.60. The lowest BCUT2D eigenvalue weighted by Gasteiger charge is -2.32. The third kappa shape index (κ3) is 3.14. The number of rotatable bonds is 3. The van der Waals surface area contributed by atoms with E-state index in [1.807, 2.05) is 33.8 Å². The zero-order valence-corrected chi connectivity index (χ0v) is 13.2. The van der Waals surface area contributed by atoms with Gasteiger partial charge in [0, 0.05) is 0 Å². The first-order valence-electron chi connectivity index (χ1n) is 7.12. The molecule has 0 aliphatic carbocycles. The van der Waals surface area contributed by atoms with Gasteiger partial charge >= 0.3 is 7.12 Å². The predicted molar refractivity (Wildman–Crippen MR) is 81.7 cm³/mol. The maximum atomic E-state index is 14.6.